The summed E-state index contributed by atoms with van der Waals surface area (Å²) in [6.45, 7) is 3.98. The summed E-state index contributed by atoms with van der Waals surface area (Å²) in [4.78, 5) is 13.7. The number of halogens is 4. The van der Waals surface area contributed by atoms with E-state index in [1.165, 1.54) is 12.1 Å². The number of morpholine rings is 1. The van der Waals surface area contributed by atoms with Crippen molar-refractivity contribution in [3.63, 3.8) is 0 Å². The third kappa shape index (κ3) is 5.36. The number of carbonyl (C=O) groups is 1. The Labute approximate surface area is 137 Å². The first-order valence-corrected chi connectivity index (χ1v) is 7.74. The van der Waals surface area contributed by atoms with Crippen molar-refractivity contribution in [2.24, 2.45) is 0 Å². The lowest BCUT2D eigenvalue weighted by atomic mass is 10.0. The van der Waals surface area contributed by atoms with Crippen molar-refractivity contribution in [3.8, 4) is 0 Å². The molecule has 0 bridgehead atoms. The first-order valence-electron chi connectivity index (χ1n) is 7.74. The van der Waals surface area contributed by atoms with E-state index in [0.29, 0.717) is 31.9 Å². The number of nitrogens with one attached hydrogen (secondary N) is 1. The van der Waals surface area contributed by atoms with E-state index in [-0.39, 0.29) is 0 Å². The van der Waals surface area contributed by atoms with Crippen molar-refractivity contribution in [1.82, 2.24) is 5.32 Å². The predicted molar refractivity (Wildman–Crippen MR) is 81.3 cm³/mol. The summed E-state index contributed by atoms with van der Waals surface area (Å²) in [5.74, 6) is -1.17. The highest BCUT2D eigenvalue weighted by atomic mass is 19.4. The van der Waals surface area contributed by atoms with Crippen LogP contribution in [0.25, 0.3) is 0 Å². The fraction of sp³-hybridized carbons (Fsp3) is 0.562. The van der Waals surface area contributed by atoms with E-state index in [4.69, 9.17) is 4.74 Å². The van der Waals surface area contributed by atoms with E-state index in [1.54, 1.807) is 13.0 Å². The molecule has 24 heavy (non-hydrogen) atoms. The number of nitrogens with zero attached hydrogens (tertiary/aromatic N) is 1. The third-order valence-corrected chi connectivity index (χ3v) is 3.82. The molecule has 0 unspecified atom stereocenters. The lowest BCUT2D eigenvalue weighted by molar-refractivity contribution is -0.144. The van der Waals surface area contributed by atoms with Gasteiger partial charge < -0.3 is 15.0 Å². The molecular weight excluding hydrogens is 328 g/mol. The summed E-state index contributed by atoms with van der Waals surface area (Å²) in [5, 5.41) is 2.51. The topological polar surface area (TPSA) is 41.6 Å². The van der Waals surface area contributed by atoms with Crippen LogP contribution in [0.15, 0.2) is 18.2 Å². The zero-order valence-electron chi connectivity index (χ0n) is 13.3. The number of hydrogen-bond donors (Lipinski definition) is 1. The second kappa shape index (κ2) is 7.83. The van der Waals surface area contributed by atoms with Crippen LogP contribution in [0.3, 0.4) is 0 Å². The second-order valence-electron chi connectivity index (χ2n) is 5.71. The first-order chi connectivity index (χ1) is 11.3. The van der Waals surface area contributed by atoms with Crippen LogP contribution in [0, 0.1) is 5.82 Å². The van der Waals surface area contributed by atoms with Crippen molar-refractivity contribution in [3.05, 3.63) is 29.6 Å². The predicted octanol–water partition coefficient (Wildman–Crippen LogP) is 3.18. The van der Waals surface area contributed by atoms with Crippen LogP contribution in [0.2, 0.25) is 0 Å². The normalized spacial score (nSPS) is 16.8. The molecule has 1 aromatic carbocycles. The molecule has 8 heteroatoms. The Morgan fingerprint density at radius 2 is 2.00 bits per heavy atom. The molecule has 1 saturated heterocycles. The summed E-state index contributed by atoms with van der Waals surface area (Å²) >= 11 is 0. The van der Waals surface area contributed by atoms with E-state index in [1.807, 2.05) is 4.90 Å². The monoisotopic (exact) mass is 348 g/mol. The van der Waals surface area contributed by atoms with Gasteiger partial charge in [-0.25, -0.2) is 4.39 Å². The van der Waals surface area contributed by atoms with Crippen LogP contribution < -0.4 is 10.2 Å². The Hall–Kier alpha value is -1.83. The maximum atomic E-state index is 13.6. The average Bonchev–Trinajstić information content (AvgIpc) is 2.53. The minimum atomic E-state index is -4.38. The third-order valence-electron chi connectivity index (χ3n) is 3.82. The second-order valence-corrected chi connectivity index (χ2v) is 5.71. The summed E-state index contributed by atoms with van der Waals surface area (Å²) in [5.41, 5.74) is 1.29. The van der Waals surface area contributed by atoms with Crippen molar-refractivity contribution in [2.75, 3.05) is 31.2 Å². The van der Waals surface area contributed by atoms with Gasteiger partial charge in [0.15, 0.2) is 0 Å². The van der Waals surface area contributed by atoms with Gasteiger partial charge in [-0.15, -0.1) is 0 Å². The van der Waals surface area contributed by atoms with Crippen molar-refractivity contribution < 1.29 is 27.1 Å². The van der Waals surface area contributed by atoms with Gasteiger partial charge in [-0.3, -0.25) is 4.79 Å². The lowest BCUT2D eigenvalue weighted by Gasteiger charge is -2.32. The summed E-state index contributed by atoms with van der Waals surface area (Å²) in [7, 11) is 0. The van der Waals surface area contributed by atoms with Crippen LogP contribution in [0.4, 0.5) is 23.2 Å². The van der Waals surface area contributed by atoms with E-state index in [9.17, 15) is 22.4 Å². The Bertz CT molecular complexity index is 572. The van der Waals surface area contributed by atoms with Gasteiger partial charge in [0.2, 0.25) is 5.91 Å². The molecule has 1 amide bonds. The number of carbonyl (C=O) groups excluding carboxylic acids is 1. The van der Waals surface area contributed by atoms with Crippen molar-refractivity contribution >= 4 is 11.6 Å². The zero-order chi connectivity index (χ0) is 17.7. The van der Waals surface area contributed by atoms with Gasteiger partial charge in [-0.2, -0.15) is 13.2 Å². The quantitative estimate of drug-likeness (QED) is 0.831. The number of alkyl halides is 3. The molecule has 1 fully saturated rings. The lowest BCUT2D eigenvalue weighted by Crippen LogP contribution is -2.37. The number of anilines is 1. The molecule has 1 aromatic rings. The largest absolute Gasteiger partial charge is 0.389 e. The fourth-order valence-electron chi connectivity index (χ4n) is 2.61. The van der Waals surface area contributed by atoms with Crippen LogP contribution in [0.1, 0.15) is 31.4 Å². The van der Waals surface area contributed by atoms with E-state index >= 15 is 0 Å². The SMILES string of the molecule is C[C@@H](NC(=O)CCC(F)(F)F)c1cc(F)ccc1N1CCOCC1. The van der Waals surface area contributed by atoms with Gasteiger partial charge in [0.1, 0.15) is 5.82 Å². The first kappa shape index (κ1) is 18.5. The van der Waals surface area contributed by atoms with Crippen LogP contribution in [-0.2, 0) is 9.53 Å². The van der Waals surface area contributed by atoms with Gasteiger partial charge in [0.05, 0.1) is 25.7 Å². The number of rotatable bonds is 5. The standard InChI is InChI=1S/C16H20F4N2O2/c1-11(21-15(23)4-5-16(18,19)20)13-10-12(17)2-3-14(13)22-6-8-24-9-7-22/h2-3,10-11H,4-9H2,1H3,(H,21,23)/t11-/m1/s1. The molecule has 1 aliphatic heterocycles. The molecule has 1 N–H and O–H groups in total. The number of amides is 1. The van der Waals surface area contributed by atoms with Gasteiger partial charge >= 0.3 is 6.18 Å². The minimum absolute atomic E-state index is 0.460. The number of hydrogen-bond acceptors (Lipinski definition) is 3. The average molecular weight is 348 g/mol. The molecule has 134 valence electrons. The molecule has 1 aliphatic rings. The molecule has 2 rings (SSSR count). The van der Waals surface area contributed by atoms with Crippen LogP contribution in [0.5, 0.6) is 0 Å². The van der Waals surface area contributed by atoms with Crippen LogP contribution in [-0.4, -0.2) is 38.4 Å². The molecular formula is C16H20F4N2O2. The van der Waals surface area contributed by atoms with Crippen LogP contribution >= 0.6 is 0 Å². The molecule has 0 aromatic heterocycles. The number of benzene rings is 1. The smallest absolute Gasteiger partial charge is 0.378 e. The van der Waals surface area contributed by atoms with E-state index in [0.717, 1.165) is 5.69 Å². The van der Waals surface area contributed by atoms with Gasteiger partial charge in [0.25, 0.3) is 0 Å². The summed E-state index contributed by atoms with van der Waals surface area (Å²) < 4.78 is 55.5. The van der Waals surface area contributed by atoms with E-state index in [2.05, 4.69) is 5.32 Å². The molecule has 1 heterocycles. The highest BCUT2D eigenvalue weighted by Crippen LogP contribution is 2.28. The Morgan fingerprint density at radius 3 is 2.62 bits per heavy atom. The van der Waals surface area contributed by atoms with Gasteiger partial charge in [-0.1, -0.05) is 0 Å². The molecule has 1 atom stereocenters. The molecule has 0 spiro atoms. The highest BCUT2D eigenvalue weighted by molar-refractivity contribution is 5.76. The summed E-state index contributed by atoms with van der Waals surface area (Å²) in [6, 6.07) is 3.65. The Balaban J connectivity index is 2.08. The molecule has 0 radical (unpaired) electrons. The zero-order valence-corrected chi connectivity index (χ0v) is 13.3. The van der Waals surface area contributed by atoms with E-state index < -0.39 is 36.8 Å². The van der Waals surface area contributed by atoms with Gasteiger partial charge in [-0.05, 0) is 25.1 Å². The maximum Gasteiger partial charge on any atom is 0.389 e. The molecule has 0 saturated carbocycles. The molecule has 0 aliphatic carbocycles. The Morgan fingerprint density at radius 1 is 1.33 bits per heavy atom. The van der Waals surface area contributed by atoms with Gasteiger partial charge in [0, 0.05) is 30.8 Å². The highest BCUT2D eigenvalue weighted by Gasteiger charge is 2.28. The maximum absolute atomic E-state index is 13.6. The van der Waals surface area contributed by atoms with Crippen molar-refractivity contribution in [1.29, 1.82) is 0 Å². The summed E-state index contributed by atoms with van der Waals surface area (Å²) in [6.07, 6.45) is -6.19. The molecule has 4 nitrogen and oxygen atoms in total. The Kier molecular flexibility index (Phi) is 6.04. The fourth-order valence-corrected chi connectivity index (χ4v) is 2.61. The van der Waals surface area contributed by atoms with Crippen molar-refractivity contribution in [2.45, 2.75) is 32.0 Å². The number of ether oxygens (including phenoxy) is 1. The minimum Gasteiger partial charge on any atom is -0.378 e.